The molecular weight excluding hydrogens is 429 g/mol. The summed E-state index contributed by atoms with van der Waals surface area (Å²) in [6, 6.07) is 6.12. The van der Waals surface area contributed by atoms with Crippen molar-refractivity contribution in [2.24, 2.45) is 4.99 Å². The summed E-state index contributed by atoms with van der Waals surface area (Å²) >= 11 is 0. The van der Waals surface area contributed by atoms with Gasteiger partial charge in [-0.3, -0.25) is 4.99 Å². The number of rotatable bonds is 9. The van der Waals surface area contributed by atoms with Crippen molar-refractivity contribution in [3.63, 3.8) is 0 Å². The third-order valence-corrected chi connectivity index (χ3v) is 3.81. The number of guanidine groups is 1. The molecule has 0 aromatic carbocycles. The molecule has 0 atom stereocenters. The van der Waals surface area contributed by atoms with Gasteiger partial charge in [0.25, 0.3) is 0 Å². The first-order valence-electron chi connectivity index (χ1n) is 8.70. The number of imidazole rings is 1. The quantitative estimate of drug-likeness (QED) is 0.262. The van der Waals surface area contributed by atoms with Crippen LogP contribution in [0.5, 0.6) is 0 Å². The molecule has 140 valence electrons. The van der Waals surface area contributed by atoms with Gasteiger partial charge < -0.3 is 19.8 Å². The number of hydrogen-bond acceptors (Lipinski definition) is 3. The van der Waals surface area contributed by atoms with E-state index >= 15 is 0 Å². The van der Waals surface area contributed by atoms with Gasteiger partial charge in [0, 0.05) is 38.7 Å². The fourth-order valence-corrected chi connectivity index (χ4v) is 2.41. The molecule has 0 spiro atoms. The second kappa shape index (κ2) is 12.1. The normalized spacial score (nSPS) is 11.4. The Morgan fingerprint density at radius 3 is 2.76 bits per heavy atom. The summed E-state index contributed by atoms with van der Waals surface area (Å²) in [4.78, 5) is 8.86. The summed E-state index contributed by atoms with van der Waals surface area (Å²) in [6.07, 6.45) is 5.34. The van der Waals surface area contributed by atoms with Crippen molar-refractivity contribution in [2.45, 2.75) is 39.7 Å². The van der Waals surface area contributed by atoms with Gasteiger partial charge in [0.15, 0.2) is 5.96 Å². The molecule has 0 aliphatic heterocycles. The lowest BCUT2D eigenvalue weighted by atomic mass is 10.4. The topological polar surface area (TPSA) is 63.0 Å². The average molecular weight is 459 g/mol. The maximum absolute atomic E-state index is 5.55. The van der Waals surface area contributed by atoms with Crippen LogP contribution in [0, 0.1) is 6.92 Å². The Morgan fingerprint density at radius 1 is 1.24 bits per heavy atom. The Morgan fingerprint density at radius 2 is 2.04 bits per heavy atom. The molecule has 2 aromatic heterocycles. The van der Waals surface area contributed by atoms with Crippen LogP contribution < -0.4 is 10.6 Å². The molecule has 25 heavy (non-hydrogen) atoms. The minimum atomic E-state index is 0. The minimum absolute atomic E-state index is 0. The molecule has 2 N–H and O–H groups in total. The maximum Gasteiger partial charge on any atom is 0.191 e. The van der Waals surface area contributed by atoms with Crippen molar-refractivity contribution in [2.75, 3.05) is 26.8 Å². The zero-order valence-corrected chi connectivity index (χ0v) is 17.7. The number of aliphatic imine (C=N–C) groups is 1. The summed E-state index contributed by atoms with van der Waals surface area (Å²) in [5.74, 6) is 0.789. The highest BCUT2D eigenvalue weighted by Crippen LogP contribution is 2.08. The van der Waals surface area contributed by atoms with E-state index in [4.69, 9.17) is 4.74 Å². The highest BCUT2D eigenvalue weighted by Gasteiger charge is 2.04. The van der Waals surface area contributed by atoms with E-state index in [9.17, 15) is 0 Å². The SMILES string of the molecule is CCCCOCCCNC(=NC)NCc1cn2c(C)cccc2n1.I. The molecule has 2 aromatic rings. The van der Waals surface area contributed by atoms with Gasteiger partial charge in [-0.15, -0.1) is 24.0 Å². The molecule has 6 nitrogen and oxygen atoms in total. The van der Waals surface area contributed by atoms with Crippen molar-refractivity contribution >= 4 is 35.6 Å². The summed E-state index contributed by atoms with van der Waals surface area (Å²) in [5.41, 5.74) is 3.14. The summed E-state index contributed by atoms with van der Waals surface area (Å²) in [6.45, 7) is 7.39. The van der Waals surface area contributed by atoms with E-state index in [0.29, 0.717) is 6.54 Å². The van der Waals surface area contributed by atoms with Gasteiger partial charge in [0.05, 0.1) is 12.2 Å². The molecule has 2 rings (SSSR count). The van der Waals surface area contributed by atoms with Crippen LogP contribution in [0.2, 0.25) is 0 Å². The van der Waals surface area contributed by atoms with Crippen molar-refractivity contribution in [3.05, 3.63) is 35.8 Å². The molecule has 0 saturated carbocycles. The fraction of sp³-hybridized carbons (Fsp3) is 0.556. The molecule has 0 aliphatic carbocycles. The van der Waals surface area contributed by atoms with E-state index in [2.05, 4.69) is 51.1 Å². The van der Waals surface area contributed by atoms with Crippen molar-refractivity contribution in [1.29, 1.82) is 0 Å². The number of halogens is 1. The second-order valence-corrected chi connectivity index (χ2v) is 5.80. The Labute approximate surface area is 167 Å². The van der Waals surface area contributed by atoms with Crippen LogP contribution in [0.15, 0.2) is 29.4 Å². The molecule has 0 unspecified atom stereocenters. The largest absolute Gasteiger partial charge is 0.381 e. The Hall–Kier alpha value is -1.35. The fourth-order valence-electron chi connectivity index (χ4n) is 2.41. The number of aryl methyl sites for hydroxylation is 1. The molecular formula is C18H30IN5O. The van der Waals surface area contributed by atoms with Gasteiger partial charge in [-0.25, -0.2) is 4.98 Å². The van der Waals surface area contributed by atoms with Crippen molar-refractivity contribution in [1.82, 2.24) is 20.0 Å². The van der Waals surface area contributed by atoms with E-state index < -0.39 is 0 Å². The molecule has 0 saturated heterocycles. The van der Waals surface area contributed by atoms with Crippen LogP contribution in [0.1, 0.15) is 37.6 Å². The number of fused-ring (bicyclic) bond motifs is 1. The number of nitrogens with one attached hydrogen (secondary N) is 2. The van der Waals surface area contributed by atoms with Crippen LogP contribution in [-0.4, -0.2) is 42.2 Å². The Balaban J connectivity index is 0.00000312. The summed E-state index contributed by atoms with van der Waals surface area (Å²) < 4.78 is 7.65. The number of ether oxygens (including phenoxy) is 1. The summed E-state index contributed by atoms with van der Waals surface area (Å²) in [7, 11) is 1.78. The van der Waals surface area contributed by atoms with Crippen LogP contribution >= 0.6 is 24.0 Å². The second-order valence-electron chi connectivity index (χ2n) is 5.80. The minimum Gasteiger partial charge on any atom is -0.381 e. The standard InChI is InChI=1S/C18H29N5O.HI/c1-4-5-11-24-12-7-10-20-18(19-3)21-13-16-14-23-15(2)8-6-9-17(23)22-16;/h6,8-9,14H,4-5,7,10-13H2,1-3H3,(H2,19,20,21);1H. The predicted octanol–water partition coefficient (Wildman–Crippen LogP) is 3.13. The van der Waals surface area contributed by atoms with Crippen LogP contribution in [0.3, 0.4) is 0 Å². The molecule has 2 heterocycles. The first kappa shape index (κ1) is 21.7. The lowest BCUT2D eigenvalue weighted by Crippen LogP contribution is -2.37. The van der Waals surface area contributed by atoms with E-state index in [0.717, 1.165) is 49.9 Å². The lowest BCUT2D eigenvalue weighted by Gasteiger charge is -2.11. The third-order valence-electron chi connectivity index (χ3n) is 3.81. The van der Waals surface area contributed by atoms with Gasteiger partial charge in [-0.2, -0.15) is 0 Å². The zero-order chi connectivity index (χ0) is 17.2. The molecule has 0 fully saturated rings. The predicted molar refractivity (Wildman–Crippen MR) is 114 cm³/mol. The highest BCUT2D eigenvalue weighted by molar-refractivity contribution is 14.0. The van der Waals surface area contributed by atoms with Crippen molar-refractivity contribution < 1.29 is 4.74 Å². The zero-order valence-electron chi connectivity index (χ0n) is 15.4. The van der Waals surface area contributed by atoms with E-state index in [1.165, 1.54) is 12.1 Å². The first-order valence-corrected chi connectivity index (χ1v) is 8.70. The molecule has 0 aliphatic rings. The highest BCUT2D eigenvalue weighted by atomic mass is 127. The molecule has 0 bridgehead atoms. The number of unbranched alkanes of at least 4 members (excludes halogenated alkanes) is 1. The van der Waals surface area contributed by atoms with Gasteiger partial charge in [0.2, 0.25) is 0 Å². The van der Waals surface area contributed by atoms with Gasteiger partial charge in [-0.05, 0) is 31.9 Å². The monoisotopic (exact) mass is 459 g/mol. The van der Waals surface area contributed by atoms with E-state index in [1.807, 2.05) is 12.1 Å². The molecule has 0 radical (unpaired) electrons. The van der Waals surface area contributed by atoms with E-state index in [1.54, 1.807) is 7.05 Å². The number of pyridine rings is 1. The van der Waals surface area contributed by atoms with Crippen LogP contribution in [0.4, 0.5) is 0 Å². The Bertz CT molecular complexity index is 656. The first-order chi connectivity index (χ1) is 11.7. The van der Waals surface area contributed by atoms with Gasteiger partial charge >= 0.3 is 0 Å². The summed E-state index contributed by atoms with van der Waals surface area (Å²) in [5, 5.41) is 6.60. The Kier molecular flexibility index (Phi) is 10.5. The molecule has 0 amide bonds. The van der Waals surface area contributed by atoms with Crippen LogP contribution in [-0.2, 0) is 11.3 Å². The smallest absolute Gasteiger partial charge is 0.191 e. The third kappa shape index (κ3) is 7.19. The maximum atomic E-state index is 5.55. The average Bonchev–Trinajstić information content (AvgIpc) is 3.01. The van der Waals surface area contributed by atoms with E-state index in [-0.39, 0.29) is 24.0 Å². The molecule has 7 heteroatoms. The van der Waals surface area contributed by atoms with Crippen LogP contribution in [0.25, 0.3) is 5.65 Å². The lowest BCUT2D eigenvalue weighted by molar-refractivity contribution is 0.129. The van der Waals surface area contributed by atoms with Gasteiger partial charge in [0.1, 0.15) is 5.65 Å². The number of hydrogen-bond donors (Lipinski definition) is 2. The number of nitrogens with zero attached hydrogens (tertiary/aromatic N) is 3. The number of aromatic nitrogens is 2. The van der Waals surface area contributed by atoms with Gasteiger partial charge in [-0.1, -0.05) is 19.4 Å². The van der Waals surface area contributed by atoms with Crippen molar-refractivity contribution in [3.8, 4) is 0 Å².